The summed E-state index contributed by atoms with van der Waals surface area (Å²) in [5, 5.41) is 8.98. The first-order chi connectivity index (χ1) is 10.5. The number of hydrogen-bond donors (Lipinski definition) is 0. The van der Waals surface area contributed by atoms with Crippen LogP contribution in [0.15, 0.2) is 40.7 Å². The lowest BCUT2D eigenvalue weighted by Crippen LogP contribution is -1.85. The number of benzene rings is 1. The monoisotopic (exact) mass is 292 g/mol. The van der Waals surface area contributed by atoms with Gasteiger partial charge in [0.1, 0.15) is 5.65 Å². The molecule has 0 aliphatic rings. The number of aromatic nitrogens is 2. The highest BCUT2D eigenvalue weighted by Crippen LogP contribution is 2.28. The van der Waals surface area contributed by atoms with E-state index in [4.69, 9.17) is 0 Å². The second kappa shape index (κ2) is 5.37. The molecule has 0 spiro atoms. The molecule has 22 heavy (non-hydrogen) atoms. The second-order valence-electron chi connectivity index (χ2n) is 5.90. The Kier molecular flexibility index (Phi) is 3.53. The highest BCUT2D eigenvalue weighted by molar-refractivity contribution is 5.55. The first-order valence-electron chi connectivity index (χ1n) is 7.40. The molecule has 0 radical (unpaired) electrons. The topological polar surface area (TPSA) is 42.0 Å². The Hall–Kier alpha value is -2.49. The number of azo groups is 1. The van der Waals surface area contributed by atoms with Gasteiger partial charge in [-0.05, 0) is 57.4 Å². The van der Waals surface area contributed by atoms with E-state index in [9.17, 15) is 0 Å². The molecule has 0 unspecified atom stereocenters. The first kappa shape index (κ1) is 14.4. The van der Waals surface area contributed by atoms with Crippen molar-refractivity contribution in [2.45, 2.75) is 34.6 Å². The van der Waals surface area contributed by atoms with Crippen LogP contribution in [-0.2, 0) is 0 Å². The van der Waals surface area contributed by atoms with Gasteiger partial charge in [-0.3, -0.25) is 4.40 Å². The fourth-order valence-electron chi connectivity index (χ4n) is 2.80. The van der Waals surface area contributed by atoms with Gasteiger partial charge in [0.15, 0.2) is 5.82 Å². The first-order valence-corrected chi connectivity index (χ1v) is 7.40. The minimum absolute atomic E-state index is 0.790. The van der Waals surface area contributed by atoms with E-state index in [2.05, 4.69) is 61.1 Å². The lowest BCUT2D eigenvalue weighted by Gasteiger charge is -2.05. The molecule has 3 rings (SSSR count). The molecule has 112 valence electrons. The highest BCUT2D eigenvalue weighted by atomic mass is 15.2. The van der Waals surface area contributed by atoms with Crippen molar-refractivity contribution in [3.63, 3.8) is 0 Å². The van der Waals surface area contributed by atoms with Gasteiger partial charge in [0.25, 0.3) is 0 Å². The van der Waals surface area contributed by atoms with E-state index in [1.807, 2.05) is 23.6 Å². The summed E-state index contributed by atoms with van der Waals surface area (Å²) in [6, 6.07) is 8.32. The molecule has 2 heterocycles. The van der Waals surface area contributed by atoms with Crippen molar-refractivity contribution >= 4 is 17.2 Å². The van der Waals surface area contributed by atoms with Crippen molar-refractivity contribution < 1.29 is 0 Å². The Bertz CT molecular complexity index is 864. The van der Waals surface area contributed by atoms with Crippen LogP contribution in [0.4, 0.5) is 11.5 Å². The molecule has 2 aromatic heterocycles. The summed E-state index contributed by atoms with van der Waals surface area (Å²) in [5.74, 6) is 0.790. The van der Waals surface area contributed by atoms with E-state index in [1.165, 1.54) is 11.1 Å². The summed E-state index contributed by atoms with van der Waals surface area (Å²) in [7, 11) is 0. The van der Waals surface area contributed by atoms with Gasteiger partial charge in [0, 0.05) is 6.20 Å². The third-order valence-electron chi connectivity index (χ3n) is 3.79. The smallest absolute Gasteiger partial charge is 0.182 e. The van der Waals surface area contributed by atoms with Gasteiger partial charge >= 0.3 is 0 Å². The van der Waals surface area contributed by atoms with Crippen LogP contribution < -0.4 is 0 Å². The maximum atomic E-state index is 4.53. The third kappa shape index (κ3) is 2.52. The summed E-state index contributed by atoms with van der Waals surface area (Å²) in [5.41, 5.74) is 7.42. The summed E-state index contributed by atoms with van der Waals surface area (Å²) < 4.78 is 1.99. The average Bonchev–Trinajstić information content (AvgIpc) is 2.73. The zero-order valence-electron chi connectivity index (χ0n) is 13.7. The van der Waals surface area contributed by atoms with Crippen LogP contribution >= 0.6 is 0 Å². The maximum Gasteiger partial charge on any atom is 0.182 e. The van der Waals surface area contributed by atoms with E-state index in [1.54, 1.807) is 0 Å². The van der Waals surface area contributed by atoms with Crippen molar-refractivity contribution in [2.75, 3.05) is 0 Å². The second-order valence-corrected chi connectivity index (χ2v) is 5.90. The largest absolute Gasteiger partial charge is 0.283 e. The Balaban J connectivity index is 2.10. The number of hydrogen-bond acceptors (Lipinski definition) is 3. The summed E-state index contributed by atoms with van der Waals surface area (Å²) in [4.78, 5) is 4.53. The molecule has 4 nitrogen and oxygen atoms in total. The third-order valence-corrected chi connectivity index (χ3v) is 3.79. The highest BCUT2D eigenvalue weighted by Gasteiger charge is 2.09. The van der Waals surface area contributed by atoms with Gasteiger partial charge < -0.3 is 0 Å². The fourth-order valence-corrected chi connectivity index (χ4v) is 2.80. The molecule has 0 N–H and O–H groups in total. The summed E-state index contributed by atoms with van der Waals surface area (Å²) >= 11 is 0. The number of pyridine rings is 1. The molecule has 0 atom stereocenters. The van der Waals surface area contributed by atoms with E-state index < -0.39 is 0 Å². The quantitative estimate of drug-likeness (QED) is 0.591. The SMILES string of the molecule is Cc1cc(C)c(N=Nc2c(C)nc3ccc(C)cn23)c(C)c1. The molecule has 0 bridgehead atoms. The van der Waals surface area contributed by atoms with Crippen molar-refractivity contribution in [3.05, 3.63) is 58.4 Å². The zero-order valence-corrected chi connectivity index (χ0v) is 13.7. The van der Waals surface area contributed by atoms with Crippen LogP contribution in [0.5, 0.6) is 0 Å². The van der Waals surface area contributed by atoms with Gasteiger partial charge in [-0.15, -0.1) is 10.2 Å². The molecule has 0 fully saturated rings. The molecule has 3 aromatic rings. The predicted octanol–water partition coefficient (Wildman–Crippen LogP) is 5.29. The van der Waals surface area contributed by atoms with E-state index in [0.717, 1.165) is 34.0 Å². The zero-order chi connectivity index (χ0) is 15.9. The molecule has 0 saturated carbocycles. The summed E-state index contributed by atoms with van der Waals surface area (Å²) in [6.45, 7) is 10.3. The molecule has 0 saturated heterocycles. The molecule has 0 aliphatic carbocycles. The lowest BCUT2D eigenvalue weighted by atomic mass is 10.1. The van der Waals surface area contributed by atoms with Crippen molar-refractivity contribution in [1.29, 1.82) is 0 Å². The average molecular weight is 292 g/mol. The predicted molar refractivity (Wildman–Crippen MR) is 89.5 cm³/mol. The number of fused-ring (bicyclic) bond motifs is 1. The van der Waals surface area contributed by atoms with Crippen LogP contribution in [0.25, 0.3) is 5.65 Å². The Morgan fingerprint density at radius 2 is 1.55 bits per heavy atom. The van der Waals surface area contributed by atoms with E-state index >= 15 is 0 Å². The van der Waals surface area contributed by atoms with E-state index in [-0.39, 0.29) is 0 Å². The number of nitrogens with zero attached hydrogens (tertiary/aromatic N) is 4. The molecular formula is C18H20N4. The van der Waals surface area contributed by atoms with E-state index in [0.29, 0.717) is 0 Å². The van der Waals surface area contributed by atoms with Gasteiger partial charge in [-0.25, -0.2) is 4.98 Å². The number of aryl methyl sites for hydroxylation is 5. The molecule has 4 heteroatoms. The number of imidazole rings is 1. The molecule has 1 aromatic carbocycles. The lowest BCUT2D eigenvalue weighted by molar-refractivity contribution is 1.07. The molecule has 0 aliphatic heterocycles. The minimum Gasteiger partial charge on any atom is -0.283 e. The van der Waals surface area contributed by atoms with Crippen LogP contribution in [0, 0.1) is 34.6 Å². The Morgan fingerprint density at radius 3 is 2.23 bits per heavy atom. The van der Waals surface area contributed by atoms with Gasteiger partial charge in [-0.1, -0.05) is 23.8 Å². The standard InChI is InChI=1S/C18H20N4/c1-11-6-7-16-19-15(5)18(22(16)10-11)21-20-17-13(3)8-12(2)9-14(17)4/h6-10H,1-5H3. The Morgan fingerprint density at radius 1 is 0.864 bits per heavy atom. The minimum atomic E-state index is 0.790. The van der Waals surface area contributed by atoms with Crippen molar-refractivity contribution in [3.8, 4) is 0 Å². The Labute approximate surface area is 130 Å². The van der Waals surface area contributed by atoms with Gasteiger partial charge in [0.2, 0.25) is 0 Å². The van der Waals surface area contributed by atoms with Crippen LogP contribution in [-0.4, -0.2) is 9.38 Å². The number of rotatable bonds is 2. The van der Waals surface area contributed by atoms with Crippen molar-refractivity contribution in [2.24, 2.45) is 10.2 Å². The molecular weight excluding hydrogens is 272 g/mol. The normalized spacial score (nSPS) is 11.7. The molecule has 0 amide bonds. The van der Waals surface area contributed by atoms with Gasteiger partial charge in [-0.2, -0.15) is 0 Å². The van der Waals surface area contributed by atoms with Crippen LogP contribution in [0.2, 0.25) is 0 Å². The summed E-state index contributed by atoms with van der Waals surface area (Å²) in [6.07, 6.45) is 2.04. The van der Waals surface area contributed by atoms with Crippen LogP contribution in [0.3, 0.4) is 0 Å². The van der Waals surface area contributed by atoms with Crippen LogP contribution in [0.1, 0.15) is 27.9 Å². The van der Waals surface area contributed by atoms with Crippen molar-refractivity contribution in [1.82, 2.24) is 9.38 Å². The fraction of sp³-hybridized carbons (Fsp3) is 0.278. The maximum absolute atomic E-state index is 4.53. The van der Waals surface area contributed by atoms with Gasteiger partial charge in [0.05, 0.1) is 11.4 Å².